The van der Waals surface area contributed by atoms with Crippen molar-refractivity contribution in [2.24, 2.45) is 0 Å². The first-order valence-corrected chi connectivity index (χ1v) is 6.78. The monoisotopic (exact) mass is 276 g/mol. The Balaban J connectivity index is 0.000000292. The SMILES string of the molecule is COc1ccc(Cl)cc1.O=S(=O)(Cl)Cl. The van der Waals surface area contributed by atoms with Gasteiger partial charge in [0, 0.05) is 26.4 Å². The molecular weight excluding hydrogens is 270 g/mol. The van der Waals surface area contributed by atoms with Crippen LogP contribution in [-0.4, -0.2) is 15.5 Å². The van der Waals surface area contributed by atoms with E-state index in [-0.39, 0.29) is 0 Å². The molecule has 1 rings (SSSR count). The van der Waals surface area contributed by atoms with E-state index in [4.69, 9.17) is 24.8 Å². The molecule has 0 radical (unpaired) electrons. The highest BCUT2D eigenvalue weighted by atomic mass is 36.0. The van der Waals surface area contributed by atoms with Crippen LogP contribution in [0.1, 0.15) is 0 Å². The van der Waals surface area contributed by atoms with Gasteiger partial charge in [0.25, 0.3) is 0 Å². The Morgan fingerprint density at radius 3 is 1.79 bits per heavy atom. The second-order valence-electron chi connectivity index (χ2n) is 2.04. The Kier molecular flexibility index (Phi) is 6.27. The van der Waals surface area contributed by atoms with Crippen molar-refractivity contribution in [2.75, 3.05) is 7.11 Å². The van der Waals surface area contributed by atoms with Gasteiger partial charge < -0.3 is 4.74 Å². The Hall–Kier alpha value is -0.160. The van der Waals surface area contributed by atoms with Gasteiger partial charge in [0.2, 0.25) is 0 Å². The average molecular weight is 278 g/mol. The Morgan fingerprint density at radius 2 is 1.50 bits per heavy atom. The first kappa shape index (κ1) is 13.8. The van der Waals surface area contributed by atoms with Gasteiger partial charge >= 0.3 is 8.26 Å². The molecule has 0 aliphatic carbocycles. The molecule has 0 aromatic heterocycles. The van der Waals surface area contributed by atoms with Gasteiger partial charge in [0.05, 0.1) is 7.11 Å². The molecule has 0 amide bonds. The fourth-order valence-electron chi connectivity index (χ4n) is 0.571. The van der Waals surface area contributed by atoms with Crippen molar-refractivity contribution in [3.05, 3.63) is 29.3 Å². The van der Waals surface area contributed by atoms with E-state index in [2.05, 4.69) is 21.4 Å². The van der Waals surface area contributed by atoms with Gasteiger partial charge in [-0.25, -0.2) is 0 Å². The Bertz CT molecular complexity index is 352. The smallest absolute Gasteiger partial charge is 0.317 e. The summed E-state index contributed by atoms with van der Waals surface area (Å²) in [7, 11) is 6.44. The third kappa shape index (κ3) is 9.92. The summed E-state index contributed by atoms with van der Waals surface area (Å²) in [5.41, 5.74) is 0. The van der Waals surface area contributed by atoms with Gasteiger partial charge in [0.1, 0.15) is 5.75 Å². The van der Waals surface area contributed by atoms with Crippen LogP contribution >= 0.6 is 33.0 Å². The third-order valence-corrected chi connectivity index (χ3v) is 1.30. The maximum Gasteiger partial charge on any atom is 0.317 e. The highest BCUT2D eigenvalue weighted by Gasteiger charge is 1.89. The molecule has 3 nitrogen and oxygen atoms in total. The van der Waals surface area contributed by atoms with E-state index < -0.39 is 8.26 Å². The maximum atomic E-state index is 9.16. The standard InChI is InChI=1S/C7H7ClO.Cl2O2S/c1-9-7-4-2-6(8)3-5-7;1-5(2,3)4/h2-5H,1H3;. The number of halogens is 3. The minimum absolute atomic E-state index is 0.732. The molecule has 14 heavy (non-hydrogen) atoms. The lowest BCUT2D eigenvalue weighted by Gasteiger charge is -1.96. The zero-order chi connectivity index (χ0) is 11.2. The molecule has 0 bridgehead atoms. The molecule has 1 aromatic rings. The number of ether oxygens (including phenoxy) is 1. The number of benzene rings is 1. The second kappa shape index (κ2) is 6.35. The lowest BCUT2D eigenvalue weighted by atomic mass is 10.3. The summed E-state index contributed by atoms with van der Waals surface area (Å²) in [6.45, 7) is 0. The minimum atomic E-state index is -3.72. The molecule has 1 aromatic carbocycles. The Morgan fingerprint density at radius 1 is 1.14 bits per heavy atom. The average Bonchev–Trinajstić information content (AvgIpc) is 2.03. The zero-order valence-electron chi connectivity index (χ0n) is 7.08. The van der Waals surface area contributed by atoms with Crippen molar-refractivity contribution < 1.29 is 13.2 Å². The van der Waals surface area contributed by atoms with E-state index in [9.17, 15) is 0 Å². The van der Waals surface area contributed by atoms with Gasteiger partial charge in [-0.2, -0.15) is 8.42 Å². The first-order chi connectivity index (χ1) is 6.33. The van der Waals surface area contributed by atoms with Crippen LogP contribution in [0.3, 0.4) is 0 Å². The molecule has 0 fully saturated rings. The van der Waals surface area contributed by atoms with Crippen molar-refractivity contribution in [1.29, 1.82) is 0 Å². The van der Waals surface area contributed by atoms with Crippen LogP contribution in [-0.2, 0) is 8.26 Å². The highest BCUT2D eigenvalue weighted by Crippen LogP contribution is 2.14. The zero-order valence-corrected chi connectivity index (χ0v) is 10.2. The largest absolute Gasteiger partial charge is 0.497 e. The summed E-state index contributed by atoms with van der Waals surface area (Å²) in [4.78, 5) is 0. The van der Waals surface area contributed by atoms with Gasteiger partial charge in [0.15, 0.2) is 0 Å². The fourth-order valence-corrected chi connectivity index (χ4v) is 0.697. The quantitative estimate of drug-likeness (QED) is 0.741. The topological polar surface area (TPSA) is 43.4 Å². The van der Waals surface area contributed by atoms with Crippen molar-refractivity contribution in [3.8, 4) is 5.75 Å². The van der Waals surface area contributed by atoms with Crippen LogP contribution < -0.4 is 4.74 Å². The van der Waals surface area contributed by atoms with Crippen LogP contribution in [0, 0.1) is 0 Å². The predicted octanol–water partition coefficient (Wildman–Crippen LogP) is 3.06. The lowest BCUT2D eigenvalue weighted by Crippen LogP contribution is -1.79. The molecule has 0 spiro atoms. The summed E-state index contributed by atoms with van der Waals surface area (Å²) < 4.78 is 23.2. The van der Waals surface area contributed by atoms with Crippen LogP contribution in [0.5, 0.6) is 5.75 Å². The van der Waals surface area contributed by atoms with E-state index >= 15 is 0 Å². The van der Waals surface area contributed by atoms with Crippen LogP contribution in [0.25, 0.3) is 0 Å². The second-order valence-corrected chi connectivity index (χ2v) is 6.14. The first-order valence-electron chi connectivity index (χ1n) is 3.26. The number of hydrogen-bond donors (Lipinski definition) is 0. The van der Waals surface area contributed by atoms with E-state index in [1.165, 1.54) is 0 Å². The summed E-state index contributed by atoms with van der Waals surface area (Å²) in [6, 6.07) is 7.23. The number of hydrogen-bond acceptors (Lipinski definition) is 3. The molecule has 0 saturated heterocycles. The minimum Gasteiger partial charge on any atom is -0.497 e. The van der Waals surface area contributed by atoms with Crippen LogP contribution in [0.2, 0.25) is 5.02 Å². The lowest BCUT2D eigenvalue weighted by molar-refractivity contribution is 0.415. The van der Waals surface area contributed by atoms with Gasteiger partial charge in [-0.15, -0.1) is 0 Å². The number of rotatable bonds is 1. The van der Waals surface area contributed by atoms with Gasteiger partial charge in [-0.05, 0) is 24.3 Å². The van der Waals surface area contributed by atoms with Gasteiger partial charge in [-0.1, -0.05) is 11.6 Å². The van der Waals surface area contributed by atoms with E-state index in [1.54, 1.807) is 19.2 Å². The fraction of sp³-hybridized carbons (Fsp3) is 0.143. The normalized spacial score (nSPS) is 10.0. The molecule has 0 heterocycles. The van der Waals surface area contributed by atoms with Gasteiger partial charge in [-0.3, -0.25) is 0 Å². The number of methoxy groups -OCH3 is 1. The van der Waals surface area contributed by atoms with E-state index in [1.807, 2.05) is 12.1 Å². The molecule has 0 unspecified atom stereocenters. The third-order valence-electron chi connectivity index (χ3n) is 1.05. The van der Waals surface area contributed by atoms with Crippen LogP contribution in [0.15, 0.2) is 24.3 Å². The molecule has 80 valence electrons. The van der Waals surface area contributed by atoms with Crippen molar-refractivity contribution in [3.63, 3.8) is 0 Å². The summed E-state index contributed by atoms with van der Waals surface area (Å²) >= 11 is 5.61. The summed E-state index contributed by atoms with van der Waals surface area (Å²) in [5, 5.41) is 0.732. The van der Waals surface area contributed by atoms with Crippen molar-refractivity contribution >= 4 is 41.2 Å². The highest BCUT2D eigenvalue weighted by molar-refractivity contribution is 8.31. The summed E-state index contributed by atoms with van der Waals surface area (Å²) in [6.07, 6.45) is 0. The van der Waals surface area contributed by atoms with E-state index in [0.29, 0.717) is 0 Å². The molecule has 0 atom stereocenters. The summed E-state index contributed by atoms with van der Waals surface area (Å²) in [5.74, 6) is 0.833. The maximum absolute atomic E-state index is 9.16. The van der Waals surface area contributed by atoms with E-state index in [0.717, 1.165) is 10.8 Å². The molecule has 0 saturated carbocycles. The molecular formula is C7H7Cl3O3S. The Labute approximate surface area is 96.5 Å². The molecule has 0 aliphatic rings. The predicted molar refractivity (Wildman–Crippen MR) is 58.6 cm³/mol. The van der Waals surface area contributed by atoms with Crippen LogP contribution in [0.4, 0.5) is 0 Å². The molecule has 0 N–H and O–H groups in total. The molecule has 0 aliphatic heterocycles. The molecule has 7 heteroatoms. The van der Waals surface area contributed by atoms with Crippen molar-refractivity contribution in [1.82, 2.24) is 0 Å². The van der Waals surface area contributed by atoms with Crippen molar-refractivity contribution in [2.45, 2.75) is 0 Å².